The lowest BCUT2D eigenvalue weighted by Crippen LogP contribution is -2.47. The Hall–Kier alpha value is -3.91. The van der Waals surface area contributed by atoms with E-state index >= 15 is 0 Å². The molecular formula is C31H36N6O2. The fraction of sp³-hybridized carbons (Fsp3) is 0.387. The Morgan fingerprint density at radius 3 is 2.56 bits per heavy atom. The molecule has 1 N–H and O–H groups in total. The Labute approximate surface area is 229 Å². The molecular weight excluding hydrogens is 488 g/mol. The fourth-order valence-electron chi connectivity index (χ4n) is 5.97. The lowest BCUT2D eigenvalue weighted by molar-refractivity contribution is 0.0950. The number of ether oxygens (including phenoxy) is 1. The zero-order chi connectivity index (χ0) is 26.6. The number of aromatic nitrogens is 3. The number of rotatable bonds is 8. The maximum Gasteiger partial charge on any atom is 0.255 e. The standard InChI is InChI=1S/C31H36N6O2/c1-39-26-13-6-5-11-24(26)21-32-31(38)27-25-12-7-8-15-37(25)29-28(27)33-22-34-30(29)36-19-17-35(18-20-36)16-14-23-9-3-2-4-10-23/h2-6,9-11,13,22H,7-8,12,14-21H2,1H3,(H,32,38). The van der Waals surface area contributed by atoms with Crippen molar-refractivity contribution in [3.8, 4) is 5.75 Å². The van der Waals surface area contributed by atoms with E-state index in [0.717, 1.165) is 98.8 Å². The Balaban J connectivity index is 1.22. The molecule has 2 aliphatic rings. The van der Waals surface area contributed by atoms with E-state index < -0.39 is 0 Å². The second-order valence-corrected chi connectivity index (χ2v) is 10.4. The first kappa shape index (κ1) is 25.4. The smallest absolute Gasteiger partial charge is 0.255 e. The molecule has 4 aromatic rings. The molecule has 0 atom stereocenters. The lowest BCUT2D eigenvalue weighted by atomic mass is 10.1. The number of carbonyl (C=O) groups excluding carboxylic acids is 1. The third-order valence-corrected chi connectivity index (χ3v) is 8.06. The molecule has 1 saturated heterocycles. The summed E-state index contributed by atoms with van der Waals surface area (Å²) >= 11 is 0. The number of aryl methyl sites for hydroxylation is 1. The van der Waals surface area contributed by atoms with Gasteiger partial charge in [0.25, 0.3) is 5.91 Å². The summed E-state index contributed by atoms with van der Waals surface area (Å²) in [6, 6.07) is 18.5. The fourth-order valence-corrected chi connectivity index (χ4v) is 5.97. The van der Waals surface area contributed by atoms with Crippen LogP contribution >= 0.6 is 0 Å². The largest absolute Gasteiger partial charge is 0.496 e. The molecule has 8 heteroatoms. The highest BCUT2D eigenvalue weighted by Crippen LogP contribution is 2.34. The van der Waals surface area contributed by atoms with Crippen molar-refractivity contribution in [3.05, 3.63) is 83.3 Å². The number of carbonyl (C=O) groups is 1. The second kappa shape index (κ2) is 11.5. The summed E-state index contributed by atoms with van der Waals surface area (Å²) in [7, 11) is 1.65. The van der Waals surface area contributed by atoms with Crippen molar-refractivity contribution in [2.75, 3.05) is 44.7 Å². The van der Waals surface area contributed by atoms with Crippen molar-refractivity contribution in [2.45, 2.75) is 38.8 Å². The van der Waals surface area contributed by atoms with Gasteiger partial charge in [-0.3, -0.25) is 9.69 Å². The average molecular weight is 525 g/mol. The van der Waals surface area contributed by atoms with Gasteiger partial charge in [0.05, 0.1) is 12.7 Å². The van der Waals surface area contributed by atoms with E-state index in [9.17, 15) is 4.79 Å². The molecule has 4 heterocycles. The lowest BCUT2D eigenvalue weighted by Gasteiger charge is -2.35. The van der Waals surface area contributed by atoms with E-state index in [4.69, 9.17) is 9.72 Å². The van der Waals surface area contributed by atoms with Gasteiger partial charge in [-0.15, -0.1) is 0 Å². The second-order valence-electron chi connectivity index (χ2n) is 10.4. The number of anilines is 1. The van der Waals surface area contributed by atoms with Crippen LogP contribution < -0.4 is 15.0 Å². The maximum absolute atomic E-state index is 13.6. The predicted octanol–water partition coefficient (Wildman–Crippen LogP) is 4.07. The van der Waals surface area contributed by atoms with Crippen molar-refractivity contribution >= 4 is 22.8 Å². The Morgan fingerprint density at radius 2 is 1.74 bits per heavy atom. The van der Waals surface area contributed by atoms with Gasteiger partial charge in [0, 0.05) is 57.1 Å². The van der Waals surface area contributed by atoms with Crippen molar-refractivity contribution in [3.63, 3.8) is 0 Å². The van der Waals surface area contributed by atoms with Crippen molar-refractivity contribution in [2.24, 2.45) is 0 Å². The van der Waals surface area contributed by atoms with Crippen LogP contribution in [-0.4, -0.2) is 65.2 Å². The quantitative estimate of drug-likeness (QED) is 0.375. The van der Waals surface area contributed by atoms with Crippen LogP contribution in [0.25, 0.3) is 11.0 Å². The van der Waals surface area contributed by atoms with Gasteiger partial charge < -0.3 is 19.5 Å². The molecule has 0 aliphatic carbocycles. The molecule has 8 nitrogen and oxygen atoms in total. The number of nitrogens with zero attached hydrogens (tertiary/aromatic N) is 5. The van der Waals surface area contributed by atoms with Gasteiger partial charge in [0.2, 0.25) is 0 Å². The van der Waals surface area contributed by atoms with Gasteiger partial charge in [-0.25, -0.2) is 9.97 Å². The number of benzene rings is 2. The van der Waals surface area contributed by atoms with Gasteiger partial charge in [0.1, 0.15) is 23.1 Å². The SMILES string of the molecule is COc1ccccc1CNC(=O)c1c2n(c3c(N4CCN(CCc5ccccc5)CC4)ncnc13)CCCC2. The number of hydrogen-bond acceptors (Lipinski definition) is 6. The number of nitrogens with one attached hydrogen (secondary N) is 1. The summed E-state index contributed by atoms with van der Waals surface area (Å²) in [5, 5.41) is 3.14. The summed E-state index contributed by atoms with van der Waals surface area (Å²) in [5.41, 5.74) is 5.88. The maximum atomic E-state index is 13.6. The van der Waals surface area contributed by atoms with Crippen molar-refractivity contribution < 1.29 is 9.53 Å². The van der Waals surface area contributed by atoms with Gasteiger partial charge in [-0.2, -0.15) is 0 Å². The molecule has 1 fully saturated rings. The molecule has 2 aromatic heterocycles. The summed E-state index contributed by atoms with van der Waals surface area (Å²) in [6.45, 7) is 6.18. The first-order valence-electron chi connectivity index (χ1n) is 14.0. The Kier molecular flexibility index (Phi) is 7.45. The number of hydrogen-bond donors (Lipinski definition) is 1. The van der Waals surface area contributed by atoms with E-state index in [2.05, 4.69) is 55.0 Å². The van der Waals surface area contributed by atoms with E-state index in [1.807, 2.05) is 24.3 Å². The minimum absolute atomic E-state index is 0.0862. The Bertz CT molecular complexity index is 1440. The van der Waals surface area contributed by atoms with E-state index in [1.165, 1.54) is 5.56 Å². The molecule has 0 unspecified atom stereocenters. The highest BCUT2D eigenvalue weighted by Gasteiger charge is 2.30. The normalized spacial score (nSPS) is 15.8. The van der Waals surface area contributed by atoms with Crippen molar-refractivity contribution in [1.82, 2.24) is 24.8 Å². The number of methoxy groups -OCH3 is 1. The topological polar surface area (TPSA) is 75.5 Å². The van der Waals surface area contributed by atoms with E-state index in [0.29, 0.717) is 12.1 Å². The van der Waals surface area contributed by atoms with Crippen LogP contribution in [0.5, 0.6) is 5.75 Å². The third kappa shape index (κ3) is 5.21. The van der Waals surface area contributed by atoms with Crippen LogP contribution in [-0.2, 0) is 25.9 Å². The minimum Gasteiger partial charge on any atom is -0.496 e. The number of amides is 1. The van der Waals surface area contributed by atoms with Crippen LogP contribution in [0, 0.1) is 0 Å². The van der Waals surface area contributed by atoms with Crippen LogP contribution in [0.4, 0.5) is 5.82 Å². The zero-order valence-electron chi connectivity index (χ0n) is 22.6. The molecule has 1 amide bonds. The molecule has 2 aromatic carbocycles. The van der Waals surface area contributed by atoms with E-state index in [-0.39, 0.29) is 5.91 Å². The van der Waals surface area contributed by atoms with Gasteiger partial charge in [0.15, 0.2) is 5.82 Å². The van der Waals surface area contributed by atoms with Crippen molar-refractivity contribution in [1.29, 1.82) is 0 Å². The summed E-state index contributed by atoms with van der Waals surface area (Å²) in [4.78, 5) is 28.0. The summed E-state index contributed by atoms with van der Waals surface area (Å²) in [5.74, 6) is 1.64. The van der Waals surface area contributed by atoms with Crippen LogP contribution in [0.2, 0.25) is 0 Å². The molecule has 2 aliphatic heterocycles. The summed E-state index contributed by atoms with van der Waals surface area (Å²) < 4.78 is 7.79. The highest BCUT2D eigenvalue weighted by atomic mass is 16.5. The van der Waals surface area contributed by atoms with Crippen LogP contribution in [0.15, 0.2) is 60.9 Å². The number of fused-ring (bicyclic) bond motifs is 3. The molecule has 202 valence electrons. The first-order valence-corrected chi connectivity index (χ1v) is 14.0. The molecule has 0 radical (unpaired) electrons. The highest BCUT2D eigenvalue weighted by molar-refractivity contribution is 6.09. The molecule has 0 saturated carbocycles. The molecule has 0 bridgehead atoms. The third-order valence-electron chi connectivity index (χ3n) is 8.06. The Morgan fingerprint density at radius 1 is 0.949 bits per heavy atom. The average Bonchev–Trinajstić information content (AvgIpc) is 3.34. The zero-order valence-corrected chi connectivity index (χ0v) is 22.6. The summed E-state index contributed by atoms with van der Waals surface area (Å²) in [6.07, 6.45) is 5.74. The predicted molar refractivity (Wildman–Crippen MR) is 153 cm³/mol. The molecule has 39 heavy (non-hydrogen) atoms. The van der Waals surface area contributed by atoms with Gasteiger partial charge in [-0.05, 0) is 37.3 Å². The monoisotopic (exact) mass is 524 g/mol. The van der Waals surface area contributed by atoms with Crippen LogP contribution in [0.1, 0.15) is 40.0 Å². The van der Waals surface area contributed by atoms with E-state index in [1.54, 1.807) is 13.4 Å². The minimum atomic E-state index is -0.0862. The van der Waals surface area contributed by atoms with Crippen LogP contribution in [0.3, 0.4) is 0 Å². The molecule has 6 rings (SSSR count). The first-order chi connectivity index (χ1) is 19.2. The van der Waals surface area contributed by atoms with Gasteiger partial charge >= 0.3 is 0 Å². The van der Waals surface area contributed by atoms with Gasteiger partial charge in [-0.1, -0.05) is 48.5 Å². The molecule has 0 spiro atoms. The number of piperazine rings is 1. The number of para-hydroxylation sites is 1.